The van der Waals surface area contributed by atoms with Crippen molar-refractivity contribution in [3.8, 4) is 0 Å². The molecular formula is C11H20O. The van der Waals surface area contributed by atoms with Crippen LogP contribution in [0.3, 0.4) is 0 Å². The minimum atomic E-state index is 0.0459. The van der Waals surface area contributed by atoms with Gasteiger partial charge in [-0.3, -0.25) is 4.79 Å². The lowest BCUT2D eigenvalue weighted by atomic mass is 9.81. The molecule has 1 nitrogen and oxygen atoms in total. The lowest BCUT2D eigenvalue weighted by Crippen LogP contribution is -2.25. The van der Waals surface area contributed by atoms with E-state index < -0.39 is 0 Å². The van der Waals surface area contributed by atoms with E-state index in [0.29, 0.717) is 11.7 Å². The van der Waals surface area contributed by atoms with Crippen LogP contribution in [0.25, 0.3) is 0 Å². The Morgan fingerprint density at radius 2 is 1.83 bits per heavy atom. The molecule has 0 radical (unpaired) electrons. The van der Waals surface area contributed by atoms with Crippen LogP contribution in [-0.4, -0.2) is 5.78 Å². The van der Waals surface area contributed by atoms with Crippen LogP contribution in [0.2, 0.25) is 0 Å². The number of hydrogen-bond donors (Lipinski definition) is 0. The van der Waals surface area contributed by atoms with Crippen LogP contribution in [0.4, 0.5) is 0 Å². The summed E-state index contributed by atoms with van der Waals surface area (Å²) in [7, 11) is 0. The van der Waals surface area contributed by atoms with Gasteiger partial charge < -0.3 is 0 Å². The van der Waals surface area contributed by atoms with Crippen LogP contribution >= 0.6 is 0 Å². The third kappa shape index (κ3) is 2.09. The predicted molar refractivity (Wildman–Crippen MR) is 51.0 cm³/mol. The molecule has 1 aliphatic rings. The number of hydrogen-bond acceptors (Lipinski definition) is 1. The highest BCUT2D eigenvalue weighted by molar-refractivity contribution is 5.84. The lowest BCUT2D eigenvalue weighted by Gasteiger charge is -2.22. The summed E-state index contributed by atoms with van der Waals surface area (Å²) < 4.78 is 0. The van der Waals surface area contributed by atoms with Crippen molar-refractivity contribution < 1.29 is 4.79 Å². The summed E-state index contributed by atoms with van der Waals surface area (Å²) in [5, 5.41) is 0. The fraction of sp³-hybridized carbons (Fsp3) is 0.909. The third-order valence-corrected chi connectivity index (χ3v) is 2.97. The van der Waals surface area contributed by atoms with Crippen LogP contribution in [-0.2, 0) is 4.79 Å². The number of Topliss-reactive ketones (excluding diaryl/α,β-unsaturated/α-hetero) is 1. The minimum Gasteiger partial charge on any atom is -0.299 e. The zero-order valence-electron chi connectivity index (χ0n) is 8.52. The Kier molecular flexibility index (Phi) is 2.92. The molecule has 1 saturated carbocycles. The molecule has 0 saturated heterocycles. The quantitative estimate of drug-likeness (QED) is 0.632. The van der Waals surface area contributed by atoms with Gasteiger partial charge in [0.2, 0.25) is 0 Å². The van der Waals surface area contributed by atoms with E-state index in [1.165, 1.54) is 12.8 Å². The van der Waals surface area contributed by atoms with Gasteiger partial charge in [-0.2, -0.15) is 0 Å². The maximum Gasteiger partial charge on any atom is 0.139 e. The molecule has 0 atom stereocenters. The molecule has 0 aromatic carbocycles. The standard InChI is InChI=1S/C11H20O/c1-9(2)8-10(12)11(3)6-4-5-7-11/h9H,4-8H2,1-3H3. The lowest BCUT2D eigenvalue weighted by molar-refractivity contribution is -0.128. The number of rotatable bonds is 3. The Labute approximate surface area is 75.5 Å². The van der Waals surface area contributed by atoms with E-state index in [4.69, 9.17) is 0 Å². The van der Waals surface area contributed by atoms with E-state index in [0.717, 1.165) is 19.3 Å². The summed E-state index contributed by atoms with van der Waals surface area (Å²) in [6.45, 7) is 6.39. The van der Waals surface area contributed by atoms with E-state index in [2.05, 4.69) is 20.8 Å². The van der Waals surface area contributed by atoms with E-state index in [1.54, 1.807) is 0 Å². The summed E-state index contributed by atoms with van der Waals surface area (Å²) >= 11 is 0. The highest BCUT2D eigenvalue weighted by atomic mass is 16.1. The average molecular weight is 168 g/mol. The van der Waals surface area contributed by atoms with Crippen LogP contribution in [0.5, 0.6) is 0 Å². The van der Waals surface area contributed by atoms with Crippen molar-refractivity contribution in [2.45, 2.75) is 52.9 Å². The van der Waals surface area contributed by atoms with E-state index in [-0.39, 0.29) is 5.41 Å². The molecule has 0 bridgehead atoms. The van der Waals surface area contributed by atoms with Crippen molar-refractivity contribution >= 4 is 5.78 Å². The van der Waals surface area contributed by atoms with Crippen LogP contribution in [0.1, 0.15) is 52.9 Å². The Hall–Kier alpha value is -0.330. The van der Waals surface area contributed by atoms with E-state index in [1.807, 2.05) is 0 Å². The zero-order chi connectivity index (χ0) is 9.19. The number of ketones is 1. The minimum absolute atomic E-state index is 0.0459. The van der Waals surface area contributed by atoms with Crippen molar-refractivity contribution in [2.24, 2.45) is 11.3 Å². The van der Waals surface area contributed by atoms with Crippen molar-refractivity contribution in [3.63, 3.8) is 0 Å². The van der Waals surface area contributed by atoms with Gasteiger partial charge in [0.05, 0.1) is 0 Å². The maximum atomic E-state index is 11.8. The summed E-state index contributed by atoms with van der Waals surface area (Å²) in [4.78, 5) is 11.8. The second-order valence-electron chi connectivity index (χ2n) is 4.79. The van der Waals surface area contributed by atoms with Crippen molar-refractivity contribution in [1.29, 1.82) is 0 Å². The van der Waals surface area contributed by atoms with Gasteiger partial charge in [0.1, 0.15) is 5.78 Å². The molecule has 0 spiro atoms. The Bertz CT molecular complexity index is 164. The molecule has 1 fully saturated rings. The molecule has 70 valence electrons. The predicted octanol–water partition coefficient (Wildman–Crippen LogP) is 3.18. The molecule has 0 aliphatic heterocycles. The Morgan fingerprint density at radius 3 is 2.25 bits per heavy atom. The van der Waals surface area contributed by atoms with Gasteiger partial charge in [0.25, 0.3) is 0 Å². The van der Waals surface area contributed by atoms with Crippen molar-refractivity contribution in [1.82, 2.24) is 0 Å². The van der Waals surface area contributed by atoms with E-state index in [9.17, 15) is 4.79 Å². The molecule has 12 heavy (non-hydrogen) atoms. The molecule has 1 rings (SSSR count). The fourth-order valence-corrected chi connectivity index (χ4v) is 2.05. The summed E-state index contributed by atoms with van der Waals surface area (Å²) in [5.41, 5.74) is 0.0459. The summed E-state index contributed by atoms with van der Waals surface area (Å²) in [6.07, 6.45) is 5.52. The van der Waals surface area contributed by atoms with Gasteiger partial charge in [0, 0.05) is 11.8 Å². The van der Waals surface area contributed by atoms with Crippen LogP contribution in [0.15, 0.2) is 0 Å². The first kappa shape index (κ1) is 9.76. The molecule has 0 N–H and O–H groups in total. The largest absolute Gasteiger partial charge is 0.299 e. The van der Waals surface area contributed by atoms with Gasteiger partial charge in [0.15, 0.2) is 0 Å². The Morgan fingerprint density at radius 1 is 1.33 bits per heavy atom. The monoisotopic (exact) mass is 168 g/mol. The molecule has 0 aromatic rings. The van der Waals surface area contributed by atoms with Crippen molar-refractivity contribution in [2.75, 3.05) is 0 Å². The molecule has 1 aliphatic carbocycles. The first-order valence-electron chi connectivity index (χ1n) is 5.08. The second kappa shape index (κ2) is 3.59. The molecule has 0 aromatic heterocycles. The first-order chi connectivity index (χ1) is 5.54. The van der Waals surface area contributed by atoms with Gasteiger partial charge in [-0.25, -0.2) is 0 Å². The Balaban J connectivity index is 2.50. The second-order valence-corrected chi connectivity index (χ2v) is 4.79. The third-order valence-electron chi connectivity index (χ3n) is 2.97. The molecule has 1 heteroatoms. The van der Waals surface area contributed by atoms with Crippen LogP contribution < -0.4 is 0 Å². The van der Waals surface area contributed by atoms with Crippen molar-refractivity contribution in [3.05, 3.63) is 0 Å². The summed E-state index contributed by atoms with van der Waals surface area (Å²) in [6, 6.07) is 0. The molecular weight excluding hydrogens is 148 g/mol. The topological polar surface area (TPSA) is 17.1 Å². The average Bonchev–Trinajstić information content (AvgIpc) is 2.36. The smallest absolute Gasteiger partial charge is 0.139 e. The zero-order valence-corrected chi connectivity index (χ0v) is 8.52. The van der Waals surface area contributed by atoms with Gasteiger partial charge in [-0.1, -0.05) is 33.6 Å². The first-order valence-corrected chi connectivity index (χ1v) is 5.08. The van der Waals surface area contributed by atoms with E-state index >= 15 is 0 Å². The molecule has 0 amide bonds. The highest BCUT2D eigenvalue weighted by Gasteiger charge is 2.35. The van der Waals surface area contributed by atoms with Gasteiger partial charge >= 0.3 is 0 Å². The summed E-state index contributed by atoms with van der Waals surface area (Å²) in [5.74, 6) is 1.02. The maximum absolute atomic E-state index is 11.8. The SMILES string of the molecule is CC(C)CC(=O)C1(C)CCCC1. The van der Waals surface area contributed by atoms with Crippen LogP contribution in [0, 0.1) is 11.3 Å². The van der Waals surface area contributed by atoms with Gasteiger partial charge in [-0.15, -0.1) is 0 Å². The molecule has 0 unspecified atom stereocenters. The number of carbonyl (C=O) groups excluding carboxylic acids is 1. The fourth-order valence-electron chi connectivity index (χ4n) is 2.05. The molecule has 0 heterocycles. The van der Waals surface area contributed by atoms with Gasteiger partial charge in [-0.05, 0) is 18.8 Å². The number of carbonyl (C=O) groups is 1. The normalized spacial score (nSPS) is 21.7. The highest BCUT2D eigenvalue weighted by Crippen LogP contribution is 2.39.